The van der Waals surface area contributed by atoms with Gasteiger partial charge < -0.3 is 10.9 Å². The maximum absolute atomic E-state index is 8.08. The SMILES string of the molecule is N/C(=N/O)c1ncn[nH]1. The van der Waals surface area contributed by atoms with Crippen molar-refractivity contribution in [3.8, 4) is 0 Å². The lowest BCUT2D eigenvalue weighted by Gasteiger charge is -1.86. The Kier molecular flexibility index (Phi) is 1.31. The van der Waals surface area contributed by atoms with Gasteiger partial charge in [-0.3, -0.25) is 5.10 Å². The van der Waals surface area contributed by atoms with Crippen LogP contribution in [0.25, 0.3) is 0 Å². The number of nitrogens with one attached hydrogen (secondary N) is 1. The number of H-pyrrole nitrogens is 1. The first kappa shape index (κ1) is 5.54. The van der Waals surface area contributed by atoms with Crippen molar-refractivity contribution < 1.29 is 5.21 Å². The average molecular weight is 127 g/mol. The minimum atomic E-state index is -0.0764. The summed E-state index contributed by atoms with van der Waals surface area (Å²) in [5, 5.41) is 16.7. The monoisotopic (exact) mass is 127 g/mol. The van der Waals surface area contributed by atoms with Crippen molar-refractivity contribution in [2.45, 2.75) is 0 Å². The van der Waals surface area contributed by atoms with Gasteiger partial charge in [0.15, 0.2) is 5.82 Å². The number of nitrogens with zero attached hydrogens (tertiary/aromatic N) is 3. The third-order valence-electron chi connectivity index (χ3n) is 0.765. The summed E-state index contributed by atoms with van der Waals surface area (Å²) < 4.78 is 0. The second-order valence-electron chi connectivity index (χ2n) is 1.32. The van der Waals surface area contributed by atoms with Gasteiger partial charge in [0.05, 0.1) is 0 Å². The van der Waals surface area contributed by atoms with Gasteiger partial charge in [-0.2, -0.15) is 5.10 Å². The third kappa shape index (κ3) is 0.958. The second-order valence-corrected chi connectivity index (χ2v) is 1.32. The van der Waals surface area contributed by atoms with E-state index in [9.17, 15) is 0 Å². The van der Waals surface area contributed by atoms with Crippen LogP contribution in [0.15, 0.2) is 11.5 Å². The molecule has 0 unspecified atom stereocenters. The van der Waals surface area contributed by atoms with Crippen LogP contribution in [0.2, 0.25) is 0 Å². The molecule has 4 N–H and O–H groups in total. The quantitative estimate of drug-likeness (QED) is 0.193. The maximum Gasteiger partial charge on any atom is 0.207 e. The van der Waals surface area contributed by atoms with Crippen LogP contribution in [0.4, 0.5) is 0 Å². The average Bonchev–Trinajstić information content (AvgIpc) is 2.37. The van der Waals surface area contributed by atoms with Gasteiger partial charge in [0.2, 0.25) is 5.84 Å². The number of hydrogen-bond donors (Lipinski definition) is 3. The summed E-state index contributed by atoms with van der Waals surface area (Å²) in [5.41, 5.74) is 5.10. The zero-order valence-electron chi connectivity index (χ0n) is 4.44. The normalized spacial score (nSPS) is 11.8. The molecule has 0 aliphatic heterocycles. The summed E-state index contributed by atoms with van der Waals surface area (Å²) in [6.45, 7) is 0. The summed E-state index contributed by atoms with van der Waals surface area (Å²) in [6, 6.07) is 0. The summed E-state index contributed by atoms with van der Waals surface area (Å²) >= 11 is 0. The highest BCUT2D eigenvalue weighted by Crippen LogP contribution is 1.81. The van der Waals surface area contributed by atoms with Gasteiger partial charge in [0.25, 0.3) is 0 Å². The van der Waals surface area contributed by atoms with Crippen LogP contribution in [-0.4, -0.2) is 26.2 Å². The molecule has 1 heterocycles. The molecule has 1 aromatic rings. The molecule has 0 aromatic carbocycles. The Hall–Kier alpha value is -1.59. The van der Waals surface area contributed by atoms with E-state index in [0.29, 0.717) is 0 Å². The van der Waals surface area contributed by atoms with Gasteiger partial charge in [-0.1, -0.05) is 5.16 Å². The van der Waals surface area contributed by atoms with Gasteiger partial charge in [0, 0.05) is 0 Å². The van der Waals surface area contributed by atoms with E-state index < -0.39 is 0 Å². The number of hydrogen-bond acceptors (Lipinski definition) is 4. The Labute approximate surface area is 50.4 Å². The fourth-order valence-electron chi connectivity index (χ4n) is 0.376. The van der Waals surface area contributed by atoms with Crippen LogP contribution in [0, 0.1) is 0 Å². The van der Waals surface area contributed by atoms with E-state index in [1.807, 2.05) is 0 Å². The molecule has 6 heteroatoms. The van der Waals surface area contributed by atoms with Crippen LogP contribution < -0.4 is 5.73 Å². The molecular weight excluding hydrogens is 122 g/mol. The van der Waals surface area contributed by atoms with E-state index in [2.05, 4.69) is 20.3 Å². The smallest absolute Gasteiger partial charge is 0.207 e. The zero-order valence-corrected chi connectivity index (χ0v) is 4.44. The number of nitrogens with two attached hydrogens (primary N) is 1. The minimum absolute atomic E-state index is 0.0764. The highest BCUT2D eigenvalue weighted by atomic mass is 16.4. The van der Waals surface area contributed by atoms with E-state index in [0.717, 1.165) is 0 Å². The predicted molar refractivity (Wildman–Crippen MR) is 28.9 cm³/mol. The van der Waals surface area contributed by atoms with Crippen LogP contribution in [0.3, 0.4) is 0 Å². The van der Waals surface area contributed by atoms with E-state index in [1.165, 1.54) is 6.33 Å². The number of rotatable bonds is 1. The fraction of sp³-hybridized carbons (Fsp3) is 0. The molecule has 0 fully saturated rings. The summed E-state index contributed by atoms with van der Waals surface area (Å²) in [6.07, 6.45) is 1.27. The van der Waals surface area contributed by atoms with E-state index in [4.69, 9.17) is 10.9 Å². The molecule has 0 atom stereocenters. The summed E-state index contributed by atoms with van der Waals surface area (Å²) in [4.78, 5) is 3.60. The Balaban J connectivity index is 2.90. The molecule has 9 heavy (non-hydrogen) atoms. The van der Waals surface area contributed by atoms with Gasteiger partial charge in [-0.05, 0) is 0 Å². The fourth-order valence-corrected chi connectivity index (χ4v) is 0.376. The summed E-state index contributed by atoms with van der Waals surface area (Å²) in [7, 11) is 0. The standard InChI is InChI=1S/C3H5N5O/c4-2(8-9)3-5-1-6-7-3/h1,9H,(H2,4,8)(H,5,6,7). The van der Waals surface area contributed by atoms with Gasteiger partial charge >= 0.3 is 0 Å². The largest absolute Gasteiger partial charge is 0.409 e. The number of aromatic amines is 1. The molecule has 0 spiro atoms. The molecular formula is C3H5N5O. The first-order valence-corrected chi connectivity index (χ1v) is 2.18. The Morgan fingerprint density at radius 3 is 3.11 bits per heavy atom. The number of oxime groups is 1. The van der Waals surface area contributed by atoms with Crippen molar-refractivity contribution in [1.82, 2.24) is 15.2 Å². The molecule has 0 amide bonds. The number of amidine groups is 1. The lowest BCUT2D eigenvalue weighted by atomic mass is 10.6. The first-order chi connectivity index (χ1) is 4.34. The van der Waals surface area contributed by atoms with Crippen molar-refractivity contribution in [3.05, 3.63) is 12.2 Å². The Morgan fingerprint density at radius 1 is 1.89 bits per heavy atom. The molecule has 0 saturated heterocycles. The van der Waals surface area contributed by atoms with Crippen molar-refractivity contribution in [3.63, 3.8) is 0 Å². The minimum Gasteiger partial charge on any atom is -0.409 e. The van der Waals surface area contributed by atoms with E-state index in [-0.39, 0.29) is 11.7 Å². The summed E-state index contributed by atoms with van der Waals surface area (Å²) in [5.74, 6) is 0.185. The topological polar surface area (TPSA) is 100 Å². The molecule has 0 radical (unpaired) electrons. The molecule has 6 nitrogen and oxygen atoms in total. The number of aromatic nitrogens is 3. The Morgan fingerprint density at radius 2 is 2.67 bits per heavy atom. The molecule has 0 bridgehead atoms. The van der Waals surface area contributed by atoms with Crippen molar-refractivity contribution >= 4 is 5.84 Å². The molecule has 0 saturated carbocycles. The predicted octanol–water partition coefficient (Wildman–Crippen LogP) is -1.10. The first-order valence-electron chi connectivity index (χ1n) is 2.18. The lowest BCUT2D eigenvalue weighted by molar-refractivity contribution is 0.318. The van der Waals surface area contributed by atoms with Crippen LogP contribution in [0.5, 0.6) is 0 Å². The lowest BCUT2D eigenvalue weighted by Crippen LogP contribution is -2.14. The van der Waals surface area contributed by atoms with Gasteiger partial charge in [0.1, 0.15) is 6.33 Å². The Bertz CT molecular complexity index is 202. The molecule has 1 aromatic heterocycles. The highest BCUT2D eigenvalue weighted by Gasteiger charge is 1.98. The van der Waals surface area contributed by atoms with Gasteiger partial charge in [-0.25, -0.2) is 4.98 Å². The second kappa shape index (κ2) is 2.12. The zero-order chi connectivity index (χ0) is 6.69. The van der Waals surface area contributed by atoms with Crippen molar-refractivity contribution in [2.24, 2.45) is 10.9 Å². The molecule has 0 aliphatic carbocycles. The van der Waals surface area contributed by atoms with Crippen molar-refractivity contribution in [1.29, 1.82) is 0 Å². The van der Waals surface area contributed by atoms with Crippen LogP contribution >= 0.6 is 0 Å². The molecule has 1 rings (SSSR count). The van der Waals surface area contributed by atoms with Crippen LogP contribution in [-0.2, 0) is 0 Å². The van der Waals surface area contributed by atoms with Gasteiger partial charge in [-0.15, -0.1) is 0 Å². The molecule has 48 valence electrons. The van der Waals surface area contributed by atoms with Crippen LogP contribution in [0.1, 0.15) is 5.82 Å². The van der Waals surface area contributed by atoms with E-state index >= 15 is 0 Å². The third-order valence-corrected chi connectivity index (χ3v) is 0.765. The van der Waals surface area contributed by atoms with E-state index in [1.54, 1.807) is 0 Å². The maximum atomic E-state index is 8.08. The van der Waals surface area contributed by atoms with Crippen molar-refractivity contribution in [2.75, 3.05) is 0 Å². The highest BCUT2D eigenvalue weighted by molar-refractivity contribution is 5.93. The molecule has 0 aliphatic rings.